The minimum absolute atomic E-state index is 0.0657. The first-order chi connectivity index (χ1) is 8.14. The summed E-state index contributed by atoms with van der Waals surface area (Å²) in [5, 5.41) is 9.47. The lowest BCUT2D eigenvalue weighted by molar-refractivity contribution is -0.139. The fourth-order valence-electron chi connectivity index (χ4n) is 1.72. The predicted octanol–water partition coefficient (Wildman–Crippen LogP) is 3.25. The van der Waals surface area contributed by atoms with Crippen LogP contribution in [0.5, 0.6) is 0 Å². The van der Waals surface area contributed by atoms with Crippen molar-refractivity contribution < 1.29 is 9.90 Å². The molecule has 0 radical (unpaired) electrons. The molecule has 0 aliphatic heterocycles. The fraction of sp³-hybridized carbons (Fsp3) is 0.615. The summed E-state index contributed by atoms with van der Waals surface area (Å²) < 4.78 is 0. The fourth-order valence-corrected chi connectivity index (χ4v) is 1.96. The van der Waals surface area contributed by atoms with E-state index in [1.54, 1.807) is 0 Å². The molecule has 0 aliphatic carbocycles. The Morgan fingerprint density at radius 2 is 1.94 bits per heavy atom. The Kier molecular flexibility index (Phi) is 4.32. The van der Waals surface area contributed by atoms with Crippen molar-refractivity contribution in [2.45, 2.75) is 46.0 Å². The van der Waals surface area contributed by atoms with Crippen LogP contribution in [0.1, 0.15) is 51.9 Å². The molecule has 0 aliphatic rings. The third-order valence-electron chi connectivity index (χ3n) is 2.71. The summed E-state index contributed by atoms with van der Waals surface area (Å²) >= 11 is 6.10. The average molecular weight is 271 g/mol. The SMILES string of the molecule is CC(C)C(C(=O)O)c1cnc(C(C)(C)C)nc1Cl. The van der Waals surface area contributed by atoms with E-state index in [1.165, 1.54) is 6.20 Å². The second kappa shape index (κ2) is 5.22. The zero-order valence-electron chi connectivity index (χ0n) is 11.4. The van der Waals surface area contributed by atoms with Gasteiger partial charge in [0, 0.05) is 17.2 Å². The summed E-state index contributed by atoms with van der Waals surface area (Å²) in [5.74, 6) is -1.03. The maximum absolute atomic E-state index is 11.3. The van der Waals surface area contributed by atoms with Crippen LogP contribution >= 0.6 is 11.6 Å². The first-order valence-corrected chi connectivity index (χ1v) is 6.28. The van der Waals surface area contributed by atoms with Crippen LogP contribution in [0, 0.1) is 5.92 Å². The monoisotopic (exact) mass is 270 g/mol. The van der Waals surface area contributed by atoms with Gasteiger partial charge in [0.15, 0.2) is 0 Å². The molecule has 0 saturated carbocycles. The second-order valence-corrected chi connectivity index (χ2v) is 6.11. The van der Waals surface area contributed by atoms with Gasteiger partial charge in [0.1, 0.15) is 11.0 Å². The highest BCUT2D eigenvalue weighted by molar-refractivity contribution is 6.30. The van der Waals surface area contributed by atoms with Gasteiger partial charge in [0.25, 0.3) is 0 Å². The zero-order valence-corrected chi connectivity index (χ0v) is 12.1. The normalized spacial score (nSPS) is 13.7. The number of aliphatic carboxylic acids is 1. The summed E-state index contributed by atoms with van der Waals surface area (Å²) in [7, 11) is 0. The van der Waals surface area contributed by atoms with Crippen molar-refractivity contribution in [1.29, 1.82) is 0 Å². The standard InChI is InChI=1S/C13H19ClN2O2/c1-7(2)9(11(17)18)8-6-15-12(13(3,4)5)16-10(8)14/h6-7,9H,1-5H3,(H,17,18). The molecular formula is C13H19ClN2O2. The maximum atomic E-state index is 11.3. The zero-order chi connectivity index (χ0) is 14.1. The highest BCUT2D eigenvalue weighted by Crippen LogP contribution is 2.30. The number of hydrogen-bond acceptors (Lipinski definition) is 3. The van der Waals surface area contributed by atoms with Crippen LogP contribution in [0.3, 0.4) is 0 Å². The number of nitrogens with zero attached hydrogens (tertiary/aromatic N) is 2. The number of hydrogen-bond donors (Lipinski definition) is 1. The largest absolute Gasteiger partial charge is 0.481 e. The van der Waals surface area contributed by atoms with Crippen LogP contribution in [-0.4, -0.2) is 21.0 Å². The van der Waals surface area contributed by atoms with E-state index < -0.39 is 11.9 Å². The summed E-state index contributed by atoms with van der Waals surface area (Å²) in [5.41, 5.74) is 0.269. The molecule has 1 rings (SSSR count). The predicted molar refractivity (Wildman–Crippen MR) is 71.0 cm³/mol. The molecule has 1 unspecified atom stereocenters. The van der Waals surface area contributed by atoms with Crippen molar-refractivity contribution in [1.82, 2.24) is 9.97 Å². The second-order valence-electron chi connectivity index (χ2n) is 5.75. The van der Waals surface area contributed by atoms with E-state index in [4.69, 9.17) is 11.6 Å². The third-order valence-corrected chi connectivity index (χ3v) is 3.01. The molecule has 0 amide bonds. The Balaban J connectivity index is 3.24. The third kappa shape index (κ3) is 3.19. The van der Waals surface area contributed by atoms with E-state index in [9.17, 15) is 9.90 Å². The topological polar surface area (TPSA) is 63.1 Å². The van der Waals surface area contributed by atoms with Gasteiger partial charge in [-0.05, 0) is 5.92 Å². The minimum Gasteiger partial charge on any atom is -0.481 e. The van der Waals surface area contributed by atoms with Crippen LogP contribution in [0.4, 0.5) is 0 Å². The maximum Gasteiger partial charge on any atom is 0.311 e. The summed E-state index contributed by atoms with van der Waals surface area (Å²) in [6.45, 7) is 9.62. The lowest BCUT2D eigenvalue weighted by Crippen LogP contribution is -2.21. The van der Waals surface area contributed by atoms with Crippen molar-refractivity contribution in [3.63, 3.8) is 0 Å². The number of aromatic nitrogens is 2. The van der Waals surface area contributed by atoms with E-state index >= 15 is 0 Å². The molecule has 1 aromatic heterocycles. The van der Waals surface area contributed by atoms with Crippen LogP contribution < -0.4 is 0 Å². The van der Waals surface area contributed by atoms with Crippen molar-refractivity contribution in [2.75, 3.05) is 0 Å². The van der Waals surface area contributed by atoms with Crippen LogP contribution in [-0.2, 0) is 10.2 Å². The number of rotatable bonds is 3. The number of carbonyl (C=O) groups is 1. The van der Waals surface area contributed by atoms with Crippen LogP contribution in [0.2, 0.25) is 5.15 Å². The number of carboxylic acid groups (broad SMARTS) is 1. The van der Waals surface area contributed by atoms with Gasteiger partial charge in [-0.3, -0.25) is 4.79 Å². The first-order valence-electron chi connectivity index (χ1n) is 5.90. The van der Waals surface area contributed by atoms with Gasteiger partial charge >= 0.3 is 5.97 Å². The molecule has 5 heteroatoms. The van der Waals surface area contributed by atoms with Gasteiger partial charge in [-0.15, -0.1) is 0 Å². The van der Waals surface area contributed by atoms with Crippen LogP contribution in [0.15, 0.2) is 6.20 Å². The first kappa shape index (κ1) is 14.9. The molecule has 4 nitrogen and oxygen atoms in total. The highest BCUT2D eigenvalue weighted by Gasteiger charge is 2.28. The van der Waals surface area contributed by atoms with E-state index in [1.807, 2.05) is 34.6 Å². The molecule has 1 atom stereocenters. The van der Waals surface area contributed by atoms with Crippen molar-refractivity contribution in [3.8, 4) is 0 Å². The van der Waals surface area contributed by atoms with Crippen LogP contribution in [0.25, 0.3) is 0 Å². The number of carboxylic acids is 1. The van der Waals surface area contributed by atoms with Crippen molar-refractivity contribution in [3.05, 3.63) is 22.7 Å². The van der Waals surface area contributed by atoms with Gasteiger partial charge in [-0.1, -0.05) is 46.2 Å². The smallest absolute Gasteiger partial charge is 0.311 e. The molecule has 0 spiro atoms. The summed E-state index contributed by atoms with van der Waals surface area (Å²) in [4.78, 5) is 19.7. The molecule has 100 valence electrons. The molecule has 0 aromatic carbocycles. The molecular weight excluding hydrogens is 252 g/mol. The average Bonchev–Trinajstić information content (AvgIpc) is 2.18. The van der Waals surface area contributed by atoms with E-state index in [-0.39, 0.29) is 16.5 Å². The Morgan fingerprint density at radius 1 is 1.39 bits per heavy atom. The Hall–Kier alpha value is -1.16. The molecule has 0 saturated heterocycles. The highest BCUT2D eigenvalue weighted by atomic mass is 35.5. The quantitative estimate of drug-likeness (QED) is 0.857. The Bertz CT molecular complexity index is 453. The Morgan fingerprint density at radius 3 is 2.28 bits per heavy atom. The van der Waals surface area contributed by atoms with E-state index in [2.05, 4.69) is 9.97 Å². The van der Waals surface area contributed by atoms with Gasteiger partial charge in [-0.25, -0.2) is 9.97 Å². The molecule has 0 bridgehead atoms. The van der Waals surface area contributed by atoms with Crippen molar-refractivity contribution >= 4 is 17.6 Å². The molecule has 18 heavy (non-hydrogen) atoms. The minimum atomic E-state index is -0.904. The van der Waals surface area contributed by atoms with E-state index in [0.29, 0.717) is 11.4 Å². The summed E-state index contributed by atoms with van der Waals surface area (Å²) in [6, 6.07) is 0. The molecule has 1 N–H and O–H groups in total. The van der Waals surface area contributed by atoms with Crippen molar-refractivity contribution in [2.24, 2.45) is 5.92 Å². The Labute approximate surface area is 112 Å². The molecule has 1 aromatic rings. The lowest BCUT2D eigenvalue weighted by Gasteiger charge is -2.20. The lowest BCUT2D eigenvalue weighted by atomic mass is 9.90. The molecule has 0 fully saturated rings. The van der Waals surface area contributed by atoms with Gasteiger partial charge < -0.3 is 5.11 Å². The van der Waals surface area contributed by atoms with Gasteiger partial charge in [-0.2, -0.15) is 0 Å². The van der Waals surface area contributed by atoms with E-state index in [0.717, 1.165) is 0 Å². The molecule has 1 heterocycles. The number of halogens is 1. The van der Waals surface area contributed by atoms with Gasteiger partial charge in [0.2, 0.25) is 0 Å². The summed E-state index contributed by atoms with van der Waals surface area (Å²) in [6.07, 6.45) is 1.54. The van der Waals surface area contributed by atoms with Gasteiger partial charge in [0.05, 0.1) is 5.92 Å².